The Morgan fingerprint density at radius 1 is 1.00 bits per heavy atom. The van der Waals surface area contributed by atoms with Crippen LogP contribution in [0.4, 0.5) is 0 Å². The Kier molecular flexibility index (Phi) is 3.79. The SMILES string of the molecule is CCC1CN(N=O)C(CC)CN1N=O. The molecule has 0 spiro atoms. The van der Waals surface area contributed by atoms with Crippen molar-refractivity contribution < 1.29 is 0 Å². The van der Waals surface area contributed by atoms with Crippen LogP contribution in [0.3, 0.4) is 0 Å². The van der Waals surface area contributed by atoms with Crippen molar-refractivity contribution in [3.8, 4) is 0 Å². The normalized spacial score (nSPS) is 27.6. The van der Waals surface area contributed by atoms with Crippen molar-refractivity contribution in [1.29, 1.82) is 0 Å². The molecule has 0 amide bonds. The molecule has 14 heavy (non-hydrogen) atoms. The highest BCUT2D eigenvalue weighted by atomic mass is 16.3. The van der Waals surface area contributed by atoms with Gasteiger partial charge in [0.15, 0.2) is 0 Å². The fourth-order valence-corrected chi connectivity index (χ4v) is 1.80. The summed E-state index contributed by atoms with van der Waals surface area (Å²) in [6.45, 7) is 4.95. The van der Waals surface area contributed by atoms with E-state index in [9.17, 15) is 9.81 Å². The van der Waals surface area contributed by atoms with Crippen LogP contribution in [-0.4, -0.2) is 35.2 Å². The third-order valence-corrected chi connectivity index (χ3v) is 2.79. The first kappa shape index (κ1) is 10.9. The maximum Gasteiger partial charge on any atom is 0.0694 e. The molecule has 0 aliphatic carbocycles. The molecule has 0 radical (unpaired) electrons. The van der Waals surface area contributed by atoms with Gasteiger partial charge in [0.25, 0.3) is 0 Å². The Hall–Kier alpha value is -1.20. The predicted molar refractivity (Wildman–Crippen MR) is 53.2 cm³/mol. The van der Waals surface area contributed by atoms with E-state index in [2.05, 4.69) is 10.6 Å². The van der Waals surface area contributed by atoms with Crippen molar-refractivity contribution in [2.24, 2.45) is 10.6 Å². The summed E-state index contributed by atoms with van der Waals surface area (Å²) in [5.41, 5.74) is 0. The molecule has 1 saturated heterocycles. The van der Waals surface area contributed by atoms with E-state index in [1.165, 1.54) is 10.0 Å². The number of rotatable bonds is 4. The highest BCUT2D eigenvalue weighted by Crippen LogP contribution is 2.19. The molecule has 0 N–H and O–H groups in total. The molecule has 2 unspecified atom stereocenters. The van der Waals surface area contributed by atoms with Crippen molar-refractivity contribution >= 4 is 0 Å². The summed E-state index contributed by atoms with van der Waals surface area (Å²) in [5, 5.41) is 9.01. The minimum atomic E-state index is 0.0213. The largest absolute Gasteiger partial charge is 0.254 e. The van der Waals surface area contributed by atoms with E-state index in [4.69, 9.17) is 0 Å². The van der Waals surface area contributed by atoms with E-state index < -0.39 is 0 Å². The molecule has 0 aromatic rings. The number of hydrogen-bond acceptors (Lipinski definition) is 4. The molecular weight excluding hydrogens is 184 g/mol. The highest BCUT2D eigenvalue weighted by molar-refractivity contribution is 4.84. The van der Waals surface area contributed by atoms with Gasteiger partial charge in [-0.3, -0.25) is 10.0 Å². The lowest BCUT2D eigenvalue weighted by molar-refractivity contribution is 0.0255. The lowest BCUT2D eigenvalue weighted by Gasteiger charge is -2.39. The number of nitroso groups, excluding NO2 is 2. The molecule has 80 valence electrons. The van der Waals surface area contributed by atoms with Crippen molar-refractivity contribution in [2.75, 3.05) is 13.1 Å². The van der Waals surface area contributed by atoms with Crippen LogP contribution in [-0.2, 0) is 0 Å². The first-order chi connectivity index (χ1) is 6.76. The molecule has 6 nitrogen and oxygen atoms in total. The van der Waals surface area contributed by atoms with Crippen LogP contribution < -0.4 is 0 Å². The molecule has 0 aromatic heterocycles. The first-order valence-corrected chi connectivity index (χ1v) is 4.96. The molecule has 1 aliphatic rings. The van der Waals surface area contributed by atoms with Crippen molar-refractivity contribution in [3.63, 3.8) is 0 Å². The summed E-state index contributed by atoms with van der Waals surface area (Å²) in [5.74, 6) is 0. The van der Waals surface area contributed by atoms with E-state index >= 15 is 0 Å². The van der Waals surface area contributed by atoms with Gasteiger partial charge in [-0.1, -0.05) is 13.8 Å². The summed E-state index contributed by atoms with van der Waals surface area (Å²) in [6, 6.07) is 0.0426. The standard InChI is InChI=1S/C8H16N4O2/c1-3-7-5-12(10-14)8(4-2)6-11(7)9-13/h7-8H,3-6H2,1-2H3. The Morgan fingerprint density at radius 3 is 1.57 bits per heavy atom. The molecular formula is C8H16N4O2. The van der Waals surface area contributed by atoms with E-state index in [1.807, 2.05) is 13.8 Å². The molecule has 6 heteroatoms. The van der Waals surface area contributed by atoms with Crippen LogP contribution in [0.1, 0.15) is 26.7 Å². The van der Waals surface area contributed by atoms with Crippen LogP contribution >= 0.6 is 0 Å². The van der Waals surface area contributed by atoms with Gasteiger partial charge < -0.3 is 0 Å². The number of nitrogens with zero attached hydrogens (tertiary/aromatic N) is 4. The second-order valence-corrected chi connectivity index (χ2v) is 3.53. The summed E-state index contributed by atoms with van der Waals surface area (Å²) >= 11 is 0. The Labute approximate surface area is 83.1 Å². The monoisotopic (exact) mass is 200 g/mol. The van der Waals surface area contributed by atoms with E-state index in [-0.39, 0.29) is 12.1 Å². The zero-order valence-electron chi connectivity index (χ0n) is 8.59. The summed E-state index contributed by atoms with van der Waals surface area (Å²) in [4.78, 5) is 21.1. The Bertz CT molecular complexity index is 190. The van der Waals surface area contributed by atoms with Gasteiger partial charge in [-0.15, -0.1) is 9.81 Å². The molecule has 1 fully saturated rings. The summed E-state index contributed by atoms with van der Waals surface area (Å²) in [6.07, 6.45) is 1.60. The van der Waals surface area contributed by atoms with Gasteiger partial charge in [-0.25, -0.2) is 0 Å². The van der Waals surface area contributed by atoms with Crippen LogP contribution in [0, 0.1) is 9.81 Å². The molecule has 0 bridgehead atoms. The Balaban J connectivity index is 2.68. The molecule has 2 atom stereocenters. The second kappa shape index (κ2) is 4.88. The van der Waals surface area contributed by atoms with E-state index in [1.54, 1.807) is 0 Å². The minimum Gasteiger partial charge on any atom is -0.254 e. The van der Waals surface area contributed by atoms with Crippen LogP contribution in [0.2, 0.25) is 0 Å². The maximum atomic E-state index is 10.5. The van der Waals surface area contributed by atoms with Gasteiger partial charge in [-0.2, -0.15) is 0 Å². The van der Waals surface area contributed by atoms with Crippen molar-refractivity contribution in [2.45, 2.75) is 38.8 Å². The average molecular weight is 200 g/mol. The van der Waals surface area contributed by atoms with Gasteiger partial charge in [0.05, 0.1) is 35.7 Å². The van der Waals surface area contributed by atoms with Crippen LogP contribution in [0.15, 0.2) is 10.6 Å². The molecule has 0 aromatic carbocycles. The van der Waals surface area contributed by atoms with Crippen molar-refractivity contribution in [1.82, 2.24) is 10.0 Å². The van der Waals surface area contributed by atoms with Gasteiger partial charge in [0.2, 0.25) is 0 Å². The quantitative estimate of drug-likeness (QED) is 0.645. The average Bonchev–Trinajstić information content (AvgIpc) is 2.26. The third-order valence-electron chi connectivity index (χ3n) is 2.79. The van der Waals surface area contributed by atoms with Crippen molar-refractivity contribution in [3.05, 3.63) is 9.81 Å². The Morgan fingerprint density at radius 2 is 1.36 bits per heavy atom. The molecule has 1 rings (SSSR count). The number of hydrogen-bond donors (Lipinski definition) is 0. The molecule has 0 saturated carbocycles. The number of piperazine rings is 1. The third kappa shape index (κ3) is 2.00. The van der Waals surface area contributed by atoms with Gasteiger partial charge in [0.1, 0.15) is 0 Å². The molecule has 1 aliphatic heterocycles. The van der Waals surface area contributed by atoms with Crippen LogP contribution in [0.5, 0.6) is 0 Å². The van der Waals surface area contributed by atoms with E-state index in [0.717, 1.165) is 12.8 Å². The highest BCUT2D eigenvalue weighted by Gasteiger charge is 2.32. The van der Waals surface area contributed by atoms with E-state index in [0.29, 0.717) is 13.1 Å². The van der Waals surface area contributed by atoms with Crippen LogP contribution in [0.25, 0.3) is 0 Å². The topological polar surface area (TPSA) is 65.3 Å². The zero-order valence-corrected chi connectivity index (χ0v) is 8.59. The second-order valence-electron chi connectivity index (χ2n) is 3.53. The smallest absolute Gasteiger partial charge is 0.0694 e. The van der Waals surface area contributed by atoms with Gasteiger partial charge >= 0.3 is 0 Å². The van der Waals surface area contributed by atoms with Gasteiger partial charge in [0, 0.05) is 0 Å². The lowest BCUT2D eigenvalue weighted by atomic mass is 10.1. The zero-order chi connectivity index (χ0) is 10.6. The first-order valence-electron chi connectivity index (χ1n) is 4.96. The summed E-state index contributed by atoms with van der Waals surface area (Å²) < 4.78 is 0. The lowest BCUT2D eigenvalue weighted by Crippen LogP contribution is -2.53. The minimum absolute atomic E-state index is 0.0213. The maximum absolute atomic E-state index is 10.5. The summed E-state index contributed by atoms with van der Waals surface area (Å²) in [7, 11) is 0. The fourth-order valence-electron chi connectivity index (χ4n) is 1.80. The fraction of sp³-hybridized carbons (Fsp3) is 1.00. The van der Waals surface area contributed by atoms with Gasteiger partial charge in [-0.05, 0) is 12.8 Å². The molecule has 1 heterocycles. The predicted octanol–water partition coefficient (Wildman–Crippen LogP) is 1.52.